The van der Waals surface area contributed by atoms with Crippen LogP contribution in [-0.2, 0) is 0 Å². The first-order chi connectivity index (χ1) is 26.8. The summed E-state index contributed by atoms with van der Waals surface area (Å²) < 4.78 is 2.58. The third kappa shape index (κ3) is 5.84. The van der Waals surface area contributed by atoms with E-state index in [1.165, 1.54) is 81.1 Å². The SMILES string of the molecule is c1ccc(-c2cccc(-c3cccc(N(c4ccc(-c5ccc6cccc(-c7ccccc7)c6c5)cc4)c4cccc5c4sc4ccccc45)c3)c2)cc1. The Morgan fingerprint density at radius 3 is 1.70 bits per heavy atom. The largest absolute Gasteiger partial charge is 0.309 e. The Hall–Kier alpha value is -6.74. The van der Waals surface area contributed by atoms with E-state index in [1.54, 1.807) is 0 Å². The van der Waals surface area contributed by atoms with Crippen LogP contribution in [0.5, 0.6) is 0 Å². The van der Waals surface area contributed by atoms with E-state index in [1.807, 2.05) is 11.3 Å². The van der Waals surface area contributed by atoms with Crippen LogP contribution in [0.2, 0.25) is 0 Å². The summed E-state index contributed by atoms with van der Waals surface area (Å²) in [6, 6.07) is 77.1. The van der Waals surface area contributed by atoms with Crippen LogP contribution >= 0.6 is 11.3 Å². The normalized spacial score (nSPS) is 11.3. The predicted octanol–water partition coefficient (Wildman–Crippen LogP) is 15.3. The molecule has 2 heteroatoms. The van der Waals surface area contributed by atoms with Crippen LogP contribution in [0.4, 0.5) is 17.1 Å². The molecule has 0 N–H and O–H groups in total. The fraction of sp³-hybridized carbons (Fsp3) is 0. The minimum atomic E-state index is 1.12. The molecule has 0 atom stereocenters. The van der Waals surface area contributed by atoms with E-state index < -0.39 is 0 Å². The topological polar surface area (TPSA) is 3.24 Å². The van der Waals surface area contributed by atoms with Crippen molar-refractivity contribution in [3.63, 3.8) is 0 Å². The molecule has 0 radical (unpaired) electrons. The van der Waals surface area contributed by atoms with Crippen LogP contribution in [0.3, 0.4) is 0 Å². The van der Waals surface area contributed by atoms with Gasteiger partial charge in [0, 0.05) is 26.8 Å². The molecule has 10 rings (SSSR count). The highest BCUT2D eigenvalue weighted by atomic mass is 32.1. The van der Waals surface area contributed by atoms with Gasteiger partial charge >= 0.3 is 0 Å². The van der Waals surface area contributed by atoms with Gasteiger partial charge in [-0.3, -0.25) is 0 Å². The van der Waals surface area contributed by atoms with E-state index >= 15 is 0 Å². The monoisotopic (exact) mass is 705 g/mol. The lowest BCUT2D eigenvalue weighted by molar-refractivity contribution is 1.30. The second-order valence-electron chi connectivity index (χ2n) is 13.7. The Labute approximate surface area is 319 Å². The second-order valence-corrected chi connectivity index (χ2v) is 14.8. The Bertz CT molecular complexity index is 2920. The molecule has 0 saturated carbocycles. The van der Waals surface area contributed by atoms with E-state index in [4.69, 9.17) is 0 Å². The molecule has 9 aromatic carbocycles. The molecule has 0 unspecified atom stereocenters. The lowest BCUT2D eigenvalue weighted by Crippen LogP contribution is -2.10. The number of fused-ring (bicyclic) bond motifs is 4. The minimum absolute atomic E-state index is 1.12. The van der Waals surface area contributed by atoms with E-state index in [0.29, 0.717) is 0 Å². The quantitative estimate of drug-likeness (QED) is 0.160. The lowest BCUT2D eigenvalue weighted by Gasteiger charge is -2.27. The predicted molar refractivity (Wildman–Crippen MR) is 233 cm³/mol. The Morgan fingerprint density at radius 1 is 0.315 bits per heavy atom. The fourth-order valence-electron chi connectivity index (χ4n) is 7.79. The molecule has 1 heterocycles. The molecule has 0 bridgehead atoms. The highest BCUT2D eigenvalue weighted by Crippen LogP contribution is 2.45. The average Bonchev–Trinajstić information content (AvgIpc) is 3.64. The van der Waals surface area contributed by atoms with E-state index in [-0.39, 0.29) is 0 Å². The molecule has 0 spiro atoms. The van der Waals surface area contributed by atoms with Gasteiger partial charge < -0.3 is 4.90 Å². The van der Waals surface area contributed by atoms with Gasteiger partial charge in [-0.1, -0.05) is 164 Å². The first-order valence-corrected chi connectivity index (χ1v) is 19.2. The van der Waals surface area contributed by atoms with Gasteiger partial charge in [0.15, 0.2) is 0 Å². The first-order valence-electron chi connectivity index (χ1n) is 18.4. The highest BCUT2D eigenvalue weighted by Gasteiger charge is 2.19. The van der Waals surface area contributed by atoms with Crippen molar-refractivity contribution in [1.82, 2.24) is 0 Å². The van der Waals surface area contributed by atoms with Gasteiger partial charge in [-0.25, -0.2) is 0 Å². The van der Waals surface area contributed by atoms with E-state index in [0.717, 1.165) is 11.4 Å². The second kappa shape index (κ2) is 13.7. The Kier molecular flexibility index (Phi) is 8.09. The zero-order chi connectivity index (χ0) is 35.8. The first kappa shape index (κ1) is 32.0. The van der Waals surface area contributed by atoms with Crippen molar-refractivity contribution < 1.29 is 0 Å². The minimum Gasteiger partial charge on any atom is -0.309 e. The standard InChI is InChI=1S/C52H35NS/c1-3-13-36(14-4-1)40-18-9-19-41(33-40)42-20-10-21-45(34-42)53(50-25-12-24-48-47-22-7-8-26-51(47)54-52(48)50)44-31-29-37(30-32-44)43-28-27-39-17-11-23-46(49(39)35-43)38-15-5-2-6-16-38/h1-35H. The third-order valence-electron chi connectivity index (χ3n) is 10.5. The van der Waals surface area contributed by atoms with Gasteiger partial charge in [0.25, 0.3) is 0 Å². The van der Waals surface area contributed by atoms with Crippen LogP contribution in [-0.4, -0.2) is 0 Å². The third-order valence-corrected chi connectivity index (χ3v) is 11.7. The zero-order valence-corrected chi connectivity index (χ0v) is 30.4. The lowest BCUT2D eigenvalue weighted by atomic mass is 9.95. The molecule has 254 valence electrons. The van der Waals surface area contributed by atoms with Gasteiger partial charge in [0.05, 0.1) is 10.4 Å². The van der Waals surface area contributed by atoms with Crippen molar-refractivity contribution in [2.45, 2.75) is 0 Å². The van der Waals surface area contributed by atoms with Crippen LogP contribution in [0.15, 0.2) is 212 Å². The van der Waals surface area contributed by atoms with Gasteiger partial charge in [0.1, 0.15) is 0 Å². The van der Waals surface area contributed by atoms with Crippen molar-refractivity contribution >= 4 is 59.3 Å². The molecular formula is C52H35NS. The van der Waals surface area contributed by atoms with Crippen LogP contribution in [0.25, 0.3) is 75.5 Å². The maximum Gasteiger partial charge on any atom is 0.0640 e. The molecule has 1 aromatic heterocycles. The number of hydrogen-bond donors (Lipinski definition) is 0. The number of anilines is 3. The zero-order valence-electron chi connectivity index (χ0n) is 29.6. The summed E-state index contributed by atoms with van der Waals surface area (Å²) in [7, 11) is 0. The Morgan fingerprint density at radius 2 is 0.889 bits per heavy atom. The molecule has 0 aliphatic rings. The fourth-order valence-corrected chi connectivity index (χ4v) is 9.00. The van der Waals surface area contributed by atoms with E-state index in [2.05, 4.69) is 217 Å². The maximum absolute atomic E-state index is 2.43. The molecule has 0 amide bonds. The van der Waals surface area contributed by atoms with Crippen molar-refractivity contribution in [3.8, 4) is 44.5 Å². The van der Waals surface area contributed by atoms with Gasteiger partial charge in [-0.2, -0.15) is 0 Å². The molecule has 0 aliphatic carbocycles. The summed E-state index contributed by atoms with van der Waals surface area (Å²) in [5.74, 6) is 0. The number of nitrogens with zero attached hydrogens (tertiary/aromatic N) is 1. The van der Waals surface area contributed by atoms with Gasteiger partial charge in [-0.05, 0) is 104 Å². The summed E-state index contributed by atoms with van der Waals surface area (Å²) in [5, 5.41) is 5.09. The maximum atomic E-state index is 2.43. The summed E-state index contributed by atoms with van der Waals surface area (Å²) in [5.41, 5.74) is 13.1. The van der Waals surface area contributed by atoms with Gasteiger partial charge in [-0.15, -0.1) is 11.3 Å². The van der Waals surface area contributed by atoms with Crippen molar-refractivity contribution in [2.75, 3.05) is 4.90 Å². The average molecular weight is 706 g/mol. The van der Waals surface area contributed by atoms with Crippen molar-refractivity contribution in [2.24, 2.45) is 0 Å². The number of benzene rings is 9. The van der Waals surface area contributed by atoms with Crippen LogP contribution in [0.1, 0.15) is 0 Å². The molecule has 1 nitrogen and oxygen atoms in total. The summed E-state index contributed by atoms with van der Waals surface area (Å²) in [4.78, 5) is 2.43. The molecule has 0 aliphatic heterocycles. The molecule has 10 aromatic rings. The number of thiophene rings is 1. The van der Waals surface area contributed by atoms with Crippen molar-refractivity contribution in [3.05, 3.63) is 212 Å². The molecular weight excluding hydrogens is 671 g/mol. The smallest absolute Gasteiger partial charge is 0.0640 e. The van der Waals surface area contributed by atoms with Crippen LogP contribution < -0.4 is 4.90 Å². The van der Waals surface area contributed by atoms with E-state index in [9.17, 15) is 0 Å². The molecule has 0 saturated heterocycles. The van der Waals surface area contributed by atoms with Crippen molar-refractivity contribution in [1.29, 1.82) is 0 Å². The highest BCUT2D eigenvalue weighted by molar-refractivity contribution is 7.26. The number of hydrogen-bond acceptors (Lipinski definition) is 2. The van der Waals surface area contributed by atoms with Gasteiger partial charge in [0.2, 0.25) is 0 Å². The molecule has 0 fully saturated rings. The number of rotatable bonds is 7. The molecule has 54 heavy (non-hydrogen) atoms. The van der Waals surface area contributed by atoms with Crippen LogP contribution in [0, 0.1) is 0 Å². The summed E-state index contributed by atoms with van der Waals surface area (Å²) in [6.07, 6.45) is 0. The summed E-state index contributed by atoms with van der Waals surface area (Å²) in [6.45, 7) is 0. The summed E-state index contributed by atoms with van der Waals surface area (Å²) >= 11 is 1.87. The Balaban J connectivity index is 1.10.